The van der Waals surface area contributed by atoms with Gasteiger partial charge in [0.15, 0.2) is 0 Å². The van der Waals surface area contributed by atoms with Gasteiger partial charge in [0.2, 0.25) is 0 Å². The summed E-state index contributed by atoms with van der Waals surface area (Å²) >= 11 is 3.49. The summed E-state index contributed by atoms with van der Waals surface area (Å²) in [5.74, 6) is 0. The Morgan fingerprint density at radius 1 is 1.50 bits per heavy atom. The van der Waals surface area contributed by atoms with Gasteiger partial charge in [0, 0.05) is 11.0 Å². The van der Waals surface area contributed by atoms with Crippen LogP contribution in [0.5, 0.6) is 0 Å². The molecule has 2 nitrogen and oxygen atoms in total. The minimum absolute atomic E-state index is 0.348. The van der Waals surface area contributed by atoms with Crippen LogP contribution < -0.4 is 5.32 Å². The first kappa shape index (κ1) is 10.1. The van der Waals surface area contributed by atoms with Crippen LogP contribution in [0.1, 0.15) is 17.2 Å². The van der Waals surface area contributed by atoms with E-state index in [1.165, 1.54) is 11.1 Å². The Labute approximate surface area is 92.8 Å². The van der Waals surface area contributed by atoms with E-state index in [0.717, 1.165) is 24.2 Å². The molecule has 0 radical (unpaired) electrons. The predicted molar refractivity (Wildman–Crippen MR) is 60.4 cm³/mol. The normalized spacial score (nSPS) is 22.3. The van der Waals surface area contributed by atoms with Gasteiger partial charge in [0.1, 0.15) is 0 Å². The fourth-order valence-electron chi connectivity index (χ4n) is 1.75. The Balaban J connectivity index is 2.24. The molecule has 1 atom stereocenters. The Bertz CT molecular complexity index is 321. The molecule has 1 saturated heterocycles. The second-order valence-electron chi connectivity index (χ2n) is 3.58. The Morgan fingerprint density at radius 2 is 2.36 bits per heavy atom. The molecule has 1 fully saturated rings. The number of halogens is 1. The van der Waals surface area contributed by atoms with E-state index in [1.54, 1.807) is 0 Å². The second-order valence-corrected chi connectivity index (χ2v) is 4.50. The number of nitrogens with one attached hydrogen (secondary N) is 1. The fourth-order valence-corrected chi connectivity index (χ4v) is 2.13. The molecule has 0 aromatic heterocycles. The minimum atomic E-state index is 0.348. The first-order valence-corrected chi connectivity index (χ1v) is 5.64. The topological polar surface area (TPSA) is 21.3 Å². The molecule has 1 aromatic rings. The van der Waals surface area contributed by atoms with Gasteiger partial charge in [-0.05, 0) is 30.2 Å². The fraction of sp³-hybridized carbons (Fsp3) is 0.455. The summed E-state index contributed by atoms with van der Waals surface area (Å²) in [4.78, 5) is 0. The summed E-state index contributed by atoms with van der Waals surface area (Å²) in [6.07, 6.45) is 0. The van der Waals surface area contributed by atoms with E-state index < -0.39 is 0 Å². The van der Waals surface area contributed by atoms with E-state index in [0.29, 0.717) is 6.04 Å². The molecule has 1 heterocycles. The molecule has 1 N–H and O–H groups in total. The molecule has 1 unspecified atom stereocenters. The Hall–Kier alpha value is -0.380. The number of benzene rings is 1. The van der Waals surface area contributed by atoms with Gasteiger partial charge in [-0.1, -0.05) is 22.0 Å². The van der Waals surface area contributed by atoms with Crippen molar-refractivity contribution in [2.24, 2.45) is 0 Å². The van der Waals surface area contributed by atoms with E-state index in [2.05, 4.69) is 46.4 Å². The van der Waals surface area contributed by atoms with E-state index in [4.69, 9.17) is 4.74 Å². The van der Waals surface area contributed by atoms with Gasteiger partial charge in [-0.15, -0.1) is 0 Å². The molecule has 0 amide bonds. The maximum Gasteiger partial charge on any atom is 0.0662 e. The van der Waals surface area contributed by atoms with Crippen LogP contribution in [0.25, 0.3) is 0 Å². The molecule has 1 aromatic carbocycles. The van der Waals surface area contributed by atoms with Crippen LogP contribution in [0.15, 0.2) is 22.7 Å². The van der Waals surface area contributed by atoms with Crippen molar-refractivity contribution in [2.45, 2.75) is 13.0 Å². The lowest BCUT2D eigenvalue weighted by Crippen LogP contribution is -2.34. The molecule has 76 valence electrons. The lowest BCUT2D eigenvalue weighted by Gasteiger charge is -2.25. The van der Waals surface area contributed by atoms with Gasteiger partial charge in [-0.25, -0.2) is 0 Å². The first-order chi connectivity index (χ1) is 6.77. The highest BCUT2D eigenvalue weighted by atomic mass is 79.9. The van der Waals surface area contributed by atoms with Crippen LogP contribution in [0, 0.1) is 6.92 Å². The average Bonchev–Trinajstić information content (AvgIpc) is 2.23. The van der Waals surface area contributed by atoms with Crippen LogP contribution in [0.4, 0.5) is 0 Å². The van der Waals surface area contributed by atoms with Gasteiger partial charge in [0.05, 0.1) is 19.3 Å². The minimum Gasteiger partial charge on any atom is -0.378 e. The molecule has 2 rings (SSSR count). The third-order valence-corrected chi connectivity index (χ3v) is 3.03. The van der Waals surface area contributed by atoms with E-state index in [-0.39, 0.29) is 0 Å². The number of morpholine rings is 1. The summed E-state index contributed by atoms with van der Waals surface area (Å²) in [6, 6.07) is 6.72. The highest BCUT2D eigenvalue weighted by Gasteiger charge is 2.16. The zero-order valence-electron chi connectivity index (χ0n) is 8.22. The van der Waals surface area contributed by atoms with Crippen LogP contribution in [0.3, 0.4) is 0 Å². The largest absolute Gasteiger partial charge is 0.378 e. The molecule has 0 bridgehead atoms. The van der Waals surface area contributed by atoms with Crippen molar-refractivity contribution in [3.8, 4) is 0 Å². The monoisotopic (exact) mass is 255 g/mol. The summed E-state index contributed by atoms with van der Waals surface area (Å²) in [5, 5.41) is 3.46. The van der Waals surface area contributed by atoms with Crippen LogP contribution in [-0.4, -0.2) is 19.8 Å². The highest BCUT2D eigenvalue weighted by molar-refractivity contribution is 9.10. The van der Waals surface area contributed by atoms with Crippen molar-refractivity contribution in [1.29, 1.82) is 0 Å². The van der Waals surface area contributed by atoms with Gasteiger partial charge < -0.3 is 10.1 Å². The van der Waals surface area contributed by atoms with Gasteiger partial charge >= 0.3 is 0 Å². The van der Waals surface area contributed by atoms with Crippen molar-refractivity contribution < 1.29 is 4.74 Å². The van der Waals surface area contributed by atoms with Crippen molar-refractivity contribution in [3.05, 3.63) is 33.8 Å². The smallest absolute Gasteiger partial charge is 0.0662 e. The summed E-state index contributed by atoms with van der Waals surface area (Å²) < 4.78 is 6.58. The molecule has 3 heteroatoms. The average molecular weight is 256 g/mol. The number of hydrogen-bond donors (Lipinski definition) is 1. The van der Waals surface area contributed by atoms with Crippen LogP contribution >= 0.6 is 15.9 Å². The highest BCUT2D eigenvalue weighted by Crippen LogP contribution is 2.23. The lowest BCUT2D eigenvalue weighted by atomic mass is 10.0. The maximum absolute atomic E-state index is 5.45. The molecule has 1 aliphatic heterocycles. The zero-order valence-corrected chi connectivity index (χ0v) is 9.80. The van der Waals surface area contributed by atoms with Gasteiger partial charge in [-0.2, -0.15) is 0 Å². The Morgan fingerprint density at radius 3 is 3.07 bits per heavy atom. The lowest BCUT2D eigenvalue weighted by molar-refractivity contribution is 0.0767. The molecule has 0 aliphatic carbocycles. The second kappa shape index (κ2) is 4.43. The Kier molecular flexibility index (Phi) is 3.21. The van der Waals surface area contributed by atoms with Crippen molar-refractivity contribution in [2.75, 3.05) is 19.8 Å². The quantitative estimate of drug-likeness (QED) is 0.833. The standard InChI is InChI=1S/C11H14BrNO/c1-8-2-3-9(12)6-10(8)11-7-14-5-4-13-11/h2-3,6,11,13H,4-5,7H2,1H3. The summed E-state index contributed by atoms with van der Waals surface area (Å²) in [7, 11) is 0. The number of ether oxygens (including phenoxy) is 1. The summed E-state index contributed by atoms with van der Waals surface area (Å²) in [6.45, 7) is 4.68. The van der Waals surface area contributed by atoms with E-state index >= 15 is 0 Å². The van der Waals surface area contributed by atoms with Crippen molar-refractivity contribution >= 4 is 15.9 Å². The molecule has 0 saturated carbocycles. The molecule has 1 aliphatic rings. The zero-order chi connectivity index (χ0) is 9.97. The summed E-state index contributed by atoms with van der Waals surface area (Å²) in [5.41, 5.74) is 2.65. The van der Waals surface area contributed by atoms with Crippen LogP contribution in [0.2, 0.25) is 0 Å². The molecular weight excluding hydrogens is 242 g/mol. The number of hydrogen-bond acceptors (Lipinski definition) is 2. The SMILES string of the molecule is Cc1ccc(Br)cc1C1COCCN1. The number of aryl methyl sites for hydroxylation is 1. The van der Waals surface area contributed by atoms with E-state index in [1.807, 2.05) is 0 Å². The van der Waals surface area contributed by atoms with Crippen LogP contribution in [-0.2, 0) is 4.74 Å². The molecule has 14 heavy (non-hydrogen) atoms. The van der Waals surface area contributed by atoms with E-state index in [9.17, 15) is 0 Å². The third kappa shape index (κ3) is 2.16. The molecule has 0 spiro atoms. The third-order valence-electron chi connectivity index (χ3n) is 2.54. The van der Waals surface area contributed by atoms with Gasteiger partial charge in [-0.3, -0.25) is 0 Å². The van der Waals surface area contributed by atoms with Gasteiger partial charge in [0.25, 0.3) is 0 Å². The molecular formula is C11H14BrNO. The maximum atomic E-state index is 5.45. The number of rotatable bonds is 1. The van der Waals surface area contributed by atoms with Crippen molar-refractivity contribution in [1.82, 2.24) is 5.32 Å². The first-order valence-electron chi connectivity index (χ1n) is 4.84. The predicted octanol–water partition coefficient (Wildman–Crippen LogP) is 2.42. The van der Waals surface area contributed by atoms with Crippen molar-refractivity contribution in [3.63, 3.8) is 0 Å².